The summed E-state index contributed by atoms with van der Waals surface area (Å²) in [6.45, 7) is 11.4. The van der Waals surface area contributed by atoms with E-state index >= 15 is 0 Å². The van der Waals surface area contributed by atoms with Gasteiger partial charge in [0.15, 0.2) is 0 Å². The molecule has 8 nitrogen and oxygen atoms in total. The lowest BCUT2D eigenvalue weighted by atomic mass is 9.79. The van der Waals surface area contributed by atoms with Crippen LogP contribution in [0.5, 0.6) is 0 Å². The molecule has 1 aromatic heterocycles. The van der Waals surface area contributed by atoms with Crippen LogP contribution in [0.3, 0.4) is 0 Å². The number of carbonyl (C=O) groups excluding carboxylic acids is 3. The van der Waals surface area contributed by atoms with Crippen molar-refractivity contribution in [2.75, 3.05) is 18.5 Å². The van der Waals surface area contributed by atoms with E-state index in [0.29, 0.717) is 23.3 Å². The first kappa shape index (κ1) is 40.2. The fourth-order valence-corrected chi connectivity index (χ4v) is 6.32. The highest BCUT2D eigenvalue weighted by Crippen LogP contribution is 2.44. The number of hydrogen-bond acceptors (Lipinski definition) is 6. The van der Waals surface area contributed by atoms with Crippen LogP contribution < -0.4 is 4.90 Å². The summed E-state index contributed by atoms with van der Waals surface area (Å²) in [4.78, 5) is 47.2. The monoisotopic (exact) mass is 739 g/mol. The van der Waals surface area contributed by atoms with E-state index in [2.05, 4.69) is 4.98 Å². The Morgan fingerprint density at radius 2 is 1.40 bits per heavy atom. The van der Waals surface area contributed by atoms with Crippen molar-refractivity contribution in [3.8, 4) is 11.1 Å². The van der Waals surface area contributed by atoms with E-state index in [0.717, 1.165) is 15.9 Å². The quantitative estimate of drug-likeness (QED) is 0.255. The number of aromatic nitrogens is 1. The van der Waals surface area contributed by atoms with Gasteiger partial charge in [0, 0.05) is 30.8 Å². The molecule has 2 aromatic carbocycles. The molecule has 4 rings (SSSR count). The second kappa shape index (κ2) is 13.5. The number of halogens is 7. The number of rotatable bonds is 6. The number of anilines is 1. The van der Waals surface area contributed by atoms with Gasteiger partial charge in [0.25, 0.3) is 0 Å². The van der Waals surface area contributed by atoms with Crippen LogP contribution in [-0.4, -0.2) is 57.7 Å². The molecule has 15 heteroatoms. The highest BCUT2D eigenvalue weighted by molar-refractivity contribution is 6.03. The van der Waals surface area contributed by atoms with Gasteiger partial charge in [0.1, 0.15) is 11.4 Å². The molecule has 0 radical (unpaired) electrons. The Morgan fingerprint density at radius 1 is 0.865 bits per heavy atom. The van der Waals surface area contributed by atoms with Crippen LogP contribution in [0.25, 0.3) is 11.1 Å². The number of benzene rings is 2. The minimum atomic E-state index is -5.14. The maximum absolute atomic E-state index is 14.3. The molecular formula is C37H40F7N3O5. The zero-order valence-electron chi connectivity index (χ0n) is 30.0. The van der Waals surface area contributed by atoms with Crippen molar-refractivity contribution in [3.63, 3.8) is 0 Å². The average molecular weight is 740 g/mol. The van der Waals surface area contributed by atoms with E-state index in [-0.39, 0.29) is 29.6 Å². The molecule has 1 fully saturated rings. The van der Waals surface area contributed by atoms with Crippen LogP contribution in [0.1, 0.15) is 82.3 Å². The van der Waals surface area contributed by atoms with Crippen LogP contribution in [0.4, 0.5) is 41.2 Å². The molecule has 2 atom stereocenters. The zero-order valence-corrected chi connectivity index (χ0v) is 30.0. The van der Waals surface area contributed by atoms with Gasteiger partial charge < -0.3 is 14.7 Å². The van der Waals surface area contributed by atoms with Gasteiger partial charge in [-0.25, -0.2) is 14.1 Å². The van der Waals surface area contributed by atoms with Gasteiger partial charge in [-0.15, -0.1) is 0 Å². The first-order chi connectivity index (χ1) is 23.5. The van der Waals surface area contributed by atoms with Crippen molar-refractivity contribution in [1.29, 1.82) is 0 Å². The highest BCUT2D eigenvalue weighted by atomic mass is 19.4. The van der Waals surface area contributed by atoms with Gasteiger partial charge in [-0.3, -0.25) is 14.6 Å². The van der Waals surface area contributed by atoms with Crippen molar-refractivity contribution in [3.05, 3.63) is 82.4 Å². The summed E-state index contributed by atoms with van der Waals surface area (Å²) in [6, 6.07) is 6.25. The minimum absolute atomic E-state index is 0.0233. The molecule has 2 unspecified atom stereocenters. The maximum atomic E-state index is 14.3. The standard InChI is InChI=1S/C37H40F7N3O5/c1-19-12-23(38)10-11-24(19)25-16-27(26-18-47(32(50)52-33(2,3)4)30(48)29(26)35(7,8)51)45-17-28(25)46(9)31(49)34(5,6)20-13-21(36(39,40)41)15-22(14-20)37(42,43)44/h10-17,26,29,51H,18H2,1-9H3. The van der Waals surface area contributed by atoms with Crippen LogP contribution in [0, 0.1) is 18.7 Å². The number of alkyl halides is 6. The molecule has 282 valence electrons. The van der Waals surface area contributed by atoms with Crippen LogP contribution in [-0.2, 0) is 32.1 Å². The average Bonchev–Trinajstić information content (AvgIpc) is 3.36. The second-order valence-electron chi connectivity index (χ2n) is 15.0. The summed E-state index contributed by atoms with van der Waals surface area (Å²) < 4.78 is 102. The number of aliphatic hydroxyl groups is 1. The SMILES string of the molecule is Cc1cc(F)ccc1-c1cc(C2CN(C(=O)OC(C)(C)C)C(=O)C2C(C)(C)O)ncc1N(C)C(=O)C(C)(C)c1cc(C(F)(F)F)cc(C(F)(F)F)c1. The molecule has 2 heterocycles. The van der Waals surface area contributed by atoms with Gasteiger partial charge in [-0.05, 0) is 108 Å². The Kier molecular flexibility index (Phi) is 10.4. The molecule has 1 aliphatic heterocycles. The topological polar surface area (TPSA) is 100 Å². The molecular weight excluding hydrogens is 699 g/mol. The van der Waals surface area contributed by atoms with E-state index in [1.165, 1.54) is 59.1 Å². The Hall–Kier alpha value is -4.53. The third-order valence-corrected chi connectivity index (χ3v) is 8.96. The van der Waals surface area contributed by atoms with Gasteiger partial charge >= 0.3 is 18.4 Å². The molecule has 52 heavy (non-hydrogen) atoms. The summed E-state index contributed by atoms with van der Waals surface area (Å²) in [5.74, 6) is -4.30. The zero-order chi connectivity index (χ0) is 39.5. The number of pyridine rings is 1. The Bertz CT molecular complexity index is 1860. The maximum Gasteiger partial charge on any atom is 0.417 e. The van der Waals surface area contributed by atoms with E-state index in [9.17, 15) is 50.2 Å². The molecule has 1 N–H and O–H groups in total. The van der Waals surface area contributed by atoms with Crippen molar-refractivity contribution >= 4 is 23.6 Å². The number of ether oxygens (including phenoxy) is 1. The summed E-state index contributed by atoms with van der Waals surface area (Å²) in [5.41, 5.74) is -7.02. The van der Waals surface area contributed by atoms with Crippen LogP contribution >= 0.6 is 0 Å². The smallest absolute Gasteiger partial charge is 0.417 e. The fraction of sp³-hybridized carbons (Fsp3) is 0.459. The first-order valence-corrected chi connectivity index (χ1v) is 16.2. The summed E-state index contributed by atoms with van der Waals surface area (Å²) in [5, 5.41) is 11.1. The lowest BCUT2D eigenvalue weighted by molar-refractivity contribution is -0.143. The van der Waals surface area contributed by atoms with E-state index < -0.39 is 81.2 Å². The predicted octanol–water partition coefficient (Wildman–Crippen LogP) is 8.42. The number of imide groups is 1. The Balaban J connectivity index is 1.88. The minimum Gasteiger partial charge on any atom is -0.443 e. The Morgan fingerprint density at radius 3 is 1.88 bits per heavy atom. The normalized spacial score (nSPS) is 17.4. The molecule has 3 aromatic rings. The molecule has 0 spiro atoms. The third kappa shape index (κ3) is 8.24. The van der Waals surface area contributed by atoms with E-state index in [1.807, 2.05) is 0 Å². The highest BCUT2D eigenvalue weighted by Gasteiger charge is 2.52. The fourth-order valence-electron chi connectivity index (χ4n) is 6.32. The largest absolute Gasteiger partial charge is 0.443 e. The number of aryl methyl sites for hydroxylation is 1. The second-order valence-corrected chi connectivity index (χ2v) is 15.0. The molecule has 3 amide bonds. The van der Waals surface area contributed by atoms with Crippen LogP contribution in [0.15, 0.2) is 48.7 Å². The van der Waals surface area contributed by atoms with Crippen molar-refractivity contribution < 1.29 is 55.0 Å². The summed E-state index contributed by atoms with van der Waals surface area (Å²) in [6.07, 6.45) is -9.99. The number of amides is 3. The van der Waals surface area contributed by atoms with Gasteiger partial charge in [-0.1, -0.05) is 6.07 Å². The van der Waals surface area contributed by atoms with E-state index in [4.69, 9.17) is 4.74 Å². The third-order valence-electron chi connectivity index (χ3n) is 8.96. The summed E-state index contributed by atoms with van der Waals surface area (Å²) in [7, 11) is 1.27. The van der Waals surface area contributed by atoms with Gasteiger partial charge in [0.2, 0.25) is 11.8 Å². The van der Waals surface area contributed by atoms with Crippen molar-refractivity contribution in [2.45, 2.75) is 90.3 Å². The number of nitrogens with zero attached hydrogens (tertiary/aromatic N) is 3. The number of likely N-dealkylation sites (N-methyl/N-ethyl adjacent to an activating group) is 1. The molecule has 1 aliphatic rings. The number of likely N-dealkylation sites (tertiary alicyclic amines) is 1. The molecule has 1 saturated heterocycles. The Labute approximate surface area is 296 Å². The molecule has 0 saturated carbocycles. The number of hydrogen-bond donors (Lipinski definition) is 1. The predicted molar refractivity (Wildman–Crippen MR) is 178 cm³/mol. The van der Waals surface area contributed by atoms with Crippen molar-refractivity contribution in [2.24, 2.45) is 5.92 Å². The molecule has 0 aliphatic carbocycles. The van der Waals surface area contributed by atoms with Crippen LogP contribution in [0.2, 0.25) is 0 Å². The van der Waals surface area contributed by atoms with Gasteiger partial charge in [0.05, 0.1) is 39.9 Å². The lowest BCUT2D eigenvalue weighted by Crippen LogP contribution is -2.43. The van der Waals surface area contributed by atoms with Crippen molar-refractivity contribution in [1.82, 2.24) is 9.88 Å². The first-order valence-electron chi connectivity index (χ1n) is 16.2. The van der Waals surface area contributed by atoms with Gasteiger partial charge in [-0.2, -0.15) is 26.3 Å². The number of carbonyl (C=O) groups is 3. The summed E-state index contributed by atoms with van der Waals surface area (Å²) >= 11 is 0. The van der Waals surface area contributed by atoms with E-state index in [1.54, 1.807) is 27.7 Å². The lowest BCUT2D eigenvalue weighted by Gasteiger charge is -2.32. The molecule has 0 bridgehead atoms.